The van der Waals surface area contributed by atoms with Crippen molar-refractivity contribution in [3.63, 3.8) is 0 Å². The van der Waals surface area contributed by atoms with Crippen LogP contribution in [0.4, 0.5) is 0 Å². The standard InChI is InChI=1S/C8H17NO3Si/c1-10-13(11-2,12-3)8-9-6-4-5-7-9/h4-5H,6-8H2,1-3H3. The molecule has 0 amide bonds. The number of nitrogens with zero attached hydrogens (tertiary/aromatic N) is 1. The van der Waals surface area contributed by atoms with E-state index in [1.54, 1.807) is 21.3 Å². The van der Waals surface area contributed by atoms with Gasteiger partial charge < -0.3 is 13.3 Å². The first-order valence-corrected chi connectivity index (χ1v) is 6.22. The molecular weight excluding hydrogens is 186 g/mol. The van der Waals surface area contributed by atoms with Crippen molar-refractivity contribution in [1.29, 1.82) is 0 Å². The molecule has 0 saturated carbocycles. The van der Waals surface area contributed by atoms with E-state index < -0.39 is 8.80 Å². The first-order valence-electron chi connectivity index (χ1n) is 4.29. The lowest BCUT2D eigenvalue weighted by molar-refractivity contribution is 0.108. The molecular formula is C8H17NO3Si. The molecule has 0 N–H and O–H groups in total. The second-order valence-corrected chi connectivity index (χ2v) is 5.87. The molecule has 5 heteroatoms. The van der Waals surface area contributed by atoms with Crippen LogP contribution in [0.1, 0.15) is 0 Å². The molecule has 0 unspecified atom stereocenters. The predicted octanol–water partition coefficient (Wildman–Crippen LogP) is 0.275. The zero-order chi connectivity index (χ0) is 9.73. The maximum atomic E-state index is 5.32. The van der Waals surface area contributed by atoms with Crippen molar-refractivity contribution >= 4 is 8.80 Å². The van der Waals surface area contributed by atoms with E-state index >= 15 is 0 Å². The van der Waals surface area contributed by atoms with Gasteiger partial charge in [-0.05, 0) is 0 Å². The fraction of sp³-hybridized carbons (Fsp3) is 0.750. The fourth-order valence-electron chi connectivity index (χ4n) is 1.37. The van der Waals surface area contributed by atoms with Gasteiger partial charge in [-0.25, -0.2) is 0 Å². The van der Waals surface area contributed by atoms with E-state index in [2.05, 4.69) is 17.1 Å². The van der Waals surface area contributed by atoms with Crippen LogP contribution in [0.2, 0.25) is 0 Å². The van der Waals surface area contributed by atoms with Gasteiger partial charge in [-0.3, -0.25) is 4.90 Å². The van der Waals surface area contributed by atoms with Gasteiger partial charge in [0.25, 0.3) is 0 Å². The Balaban J connectivity index is 2.45. The van der Waals surface area contributed by atoms with E-state index in [1.165, 1.54) is 0 Å². The van der Waals surface area contributed by atoms with E-state index in [1.807, 2.05) is 0 Å². The lowest BCUT2D eigenvalue weighted by atomic mass is 10.6. The highest BCUT2D eigenvalue weighted by Crippen LogP contribution is 2.10. The summed E-state index contributed by atoms with van der Waals surface area (Å²) in [5, 5.41) is 0. The van der Waals surface area contributed by atoms with E-state index in [4.69, 9.17) is 13.3 Å². The van der Waals surface area contributed by atoms with Crippen LogP contribution in [0.25, 0.3) is 0 Å². The maximum absolute atomic E-state index is 5.32. The van der Waals surface area contributed by atoms with Crippen LogP contribution in [0.5, 0.6) is 0 Å². The third-order valence-corrected chi connectivity index (χ3v) is 4.94. The zero-order valence-electron chi connectivity index (χ0n) is 8.45. The van der Waals surface area contributed by atoms with Gasteiger partial charge in [0, 0.05) is 34.4 Å². The molecule has 0 saturated heterocycles. The number of rotatable bonds is 5. The van der Waals surface area contributed by atoms with E-state index in [0.717, 1.165) is 19.3 Å². The lowest BCUT2D eigenvalue weighted by Crippen LogP contribution is -2.52. The summed E-state index contributed by atoms with van der Waals surface area (Å²) in [6.45, 7) is 1.93. The highest BCUT2D eigenvalue weighted by atomic mass is 28.4. The Morgan fingerprint density at radius 1 is 1.08 bits per heavy atom. The summed E-state index contributed by atoms with van der Waals surface area (Å²) >= 11 is 0. The van der Waals surface area contributed by atoms with Gasteiger partial charge in [-0.1, -0.05) is 12.2 Å². The van der Waals surface area contributed by atoms with Crippen molar-refractivity contribution in [1.82, 2.24) is 4.90 Å². The Labute approximate surface area is 80.4 Å². The quantitative estimate of drug-likeness (QED) is 0.474. The van der Waals surface area contributed by atoms with Crippen molar-refractivity contribution in [2.75, 3.05) is 40.6 Å². The van der Waals surface area contributed by atoms with Crippen LogP contribution in [-0.2, 0) is 13.3 Å². The first-order chi connectivity index (χ1) is 6.26. The Morgan fingerprint density at radius 2 is 1.54 bits per heavy atom. The summed E-state index contributed by atoms with van der Waals surface area (Å²) in [4.78, 5) is 2.24. The minimum atomic E-state index is -2.40. The normalized spacial score (nSPS) is 18.4. The average molecular weight is 203 g/mol. The number of hydrogen-bond donors (Lipinski definition) is 0. The molecule has 0 aromatic heterocycles. The molecule has 0 fully saturated rings. The van der Waals surface area contributed by atoms with E-state index in [-0.39, 0.29) is 0 Å². The van der Waals surface area contributed by atoms with Crippen molar-refractivity contribution in [2.45, 2.75) is 0 Å². The molecule has 1 heterocycles. The molecule has 0 aliphatic carbocycles. The van der Waals surface area contributed by atoms with Crippen LogP contribution in [0.3, 0.4) is 0 Å². The molecule has 0 atom stereocenters. The molecule has 1 aliphatic heterocycles. The van der Waals surface area contributed by atoms with Crippen molar-refractivity contribution in [3.05, 3.63) is 12.2 Å². The van der Waals surface area contributed by atoms with Gasteiger partial charge in [0.2, 0.25) is 0 Å². The molecule has 0 aromatic carbocycles. The summed E-state index contributed by atoms with van der Waals surface area (Å²) in [6, 6.07) is 0. The largest absolute Gasteiger partial charge is 0.514 e. The average Bonchev–Trinajstić information content (AvgIpc) is 2.67. The summed E-state index contributed by atoms with van der Waals surface area (Å²) in [5.74, 6) is 0. The Kier molecular flexibility index (Phi) is 4.08. The Bertz CT molecular complexity index is 166. The summed E-state index contributed by atoms with van der Waals surface area (Å²) < 4.78 is 16.0. The van der Waals surface area contributed by atoms with E-state index in [9.17, 15) is 0 Å². The van der Waals surface area contributed by atoms with Gasteiger partial charge in [0.15, 0.2) is 0 Å². The van der Waals surface area contributed by atoms with Gasteiger partial charge >= 0.3 is 8.80 Å². The van der Waals surface area contributed by atoms with Crippen molar-refractivity contribution < 1.29 is 13.3 Å². The minimum absolute atomic E-state index is 0.753. The van der Waals surface area contributed by atoms with Crippen LogP contribution in [0.15, 0.2) is 12.2 Å². The highest BCUT2D eigenvalue weighted by Gasteiger charge is 2.39. The maximum Gasteiger partial charge on any atom is 0.514 e. The topological polar surface area (TPSA) is 30.9 Å². The predicted molar refractivity (Wildman–Crippen MR) is 52.4 cm³/mol. The minimum Gasteiger partial charge on any atom is -0.376 e. The molecule has 4 nitrogen and oxygen atoms in total. The molecule has 76 valence electrons. The molecule has 13 heavy (non-hydrogen) atoms. The Hall–Kier alpha value is -0.203. The van der Waals surface area contributed by atoms with Gasteiger partial charge in [0.1, 0.15) is 0 Å². The first kappa shape index (κ1) is 10.9. The Morgan fingerprint density at radius 3 is 1.92 bits per heavy atom. The zero-order valence-corrected chi connectivity index (χ0v) is 9.45. The van der Waals surface area contributed by atoms with Gasteiger partial charge in [0.05, 0.1) is 6.17 Å². The smallest absolute Gasteiger partial charge is 0.376 e. The van der Waals surface area contributed by atoms with Crippen LogP contribution >= 0.6 is 0 Å². The summed E-state index contributed by atoms with van der Waals surface area (Å²) in [5.41, 5.74) is 0. The van der Waals surface area contributed by atoms with Crippen LogP contribution in [-0.4, -0.2) is 54.3 Å². The second-order valence-electron chi connectivity index (χ2n) is 2.96. The highest BCUT2D eigenvalue weighted by molar-refractivity contribution is 6.60. The molecule has 1 aliphatic rings. The second kappa shape index (κ2) is 4.87. The third kappa shape index (κ3) is 2.62. The third-order valence-electron chi connectivity index (χ3n) is 2.24. The van der Waals surface area contributed by atoms with Crippen LogP contribution in [0, 0.1) is 0 Å². The fourth-order valence-corrected chi connectivity index (χ4v) is 3.06. The monoisotopic (exact) mass is 203 g/mol. The number of hydrogen-bond acceptors (Lipinski definition) is 4. The van der Waals surface area contributed by atoms with Gasteiger partial charge in [-0.2, -0.15) is 0 Å². The summed E-state index contributed by atoms with van der Waals surface area (Å²) in [6.07, 6.45) is 5.03. The summed E-state index contributed by atoms with van der Waals surface area (Å²) in [7, 11) is 2.53. The lowest BCUT2D eigenvalue weighted by Gasteiger charge is -2.28. The van der Waals surface area contributed by atoms with Crippen molar-refractivity contribution in [3.8, 4) is 0 Å². The molecule has 0 radical (unpaired) electrons. The van der Waals surface area contributed by atoms with Crippen molar-refractivity contribution in [2.24, 2.45) is 0 Å². The van der Waals surface area contributed by atoms with Crippen LogP contribution < -0.4 is 0 Å². The van der Waals surface area contributed by atoms with Gasteiger partial charge in [-0.15, -0.1) is 0 Å². The molecule has 1 rings (SSSR count). The molecule has 0 spiro atoms. The SMILES string of the molecule is CO[Si](CN1CC=CC1)(OC)OC. The van der Waals surface area contributed by atoms with E-state index in [0.29, 0.717) is 0 Å². The molecule has 0 bridgehead atoms. The molecule has 0 aromatic rings.